The Balaban J connectivity index is 1.29. The van der Waals surface area contributed by atoms with E-state index < -0.39 is 23.5 Å². The van der Waals surface area contributed by atoms with Crippen LogP contribution in [0.15, 0.2) is 137 Å². The van der Waals surface area contributed by atoms with Crippen molar-refractivity contribution in [3.8, 4) is 5.75 Å². The van der Waals surface area contributed by atoms with E-state index in [1.165, 1.54) is 34.1 Å². The molecule has 1 atom stereocenters. The van der Waals surface area contributed by atoms with Gasteiger partial charge in [-0.15, -0.1) is 10.2 Å². The number of carbonyl (C=O) groups is 2. The number of carbonyl (C=O) groups excluding carboxylic acids is 2. The van der Waals surface area contributed by atoms with Gasteiger partial charge in [-0.2, -0.15) is 0 Å². The Bertz CT molecular complexity index is 1810. The summed E-state index contributed by atoms with van der Waals surface area (Å²) in [6.45, 7) is 0.400. The topological polar surface area (TPSA) is 92.6 Å². The average Bonchev–Trinajstić information content (AvgIpc) is 3.65. The van der Waals surface area contributed by atoms with E-state index >= 15 is 0 Å². The minimum atomic E-state index is -0.904. The van der Waals surface area contributed by atoms with Crippen LogP contribution in [0.1, 0.15) is 28.3 Å². The van der Waals surface area contributed by atoms with Crippen LogP contribution in [0, 0.1) is 0 Å². The molecule has 2 heterocycles. The molecule has 0 saturated carbocycles. The van der Waals surface area contributed by atoms with Gasteiger partial charge in [-0.05, 0) is 40.5 Å². The second-order valence-electron chi connectivity index (χ2n) is 9.92. The Hall–Kier alpha value is -4.99. The number of allylic oxidation sites excluding steroid dienone is 1. The van der Waals surface area contributed by atoms with Crippen LogP contribution in [-0.2, 0) is 21.9 Å². The van der Waals surface area contributed by atoms with Crippen molar-refractivity contribution >= 4 is 46.0 Å². The SMILES string of the molecule is O=C(/C=C/c1ccccc1)C1=C(O)C(=O)N(c2nnc(SCc3ccccc3)s2)C1c1ccc(OCc2ccccc2)cc1. The number of aliphatic hydroxyl groups excluding tert-OH is 1. The lowest BCUT2D eigenvalue weighted by molar-refractivity contribution is -0.117. The molecule has 4 aromatic carbocycles. The standard InChI is InChI=1S/C35H27N3O4S2/c39-29(21-16-24-10-4-1-5-11-24)30-31(27-17-19-28(20-18-27)42-22-25-12-6-2-7-13-25)38(33(41)32(30)40)34-36-37-35(44-34)43-23-26-14-8-3-9-15-26/h1-21,31,40H,22-23H2/b21-16+. The maximum atomic E-state index is 13.6. The van der Waals surface area contributed by atoms with Gasteiger partial charge in [0.05, 0.1) is 11.6 Å². The Labute approximate surface area is 263 Å². The number of nitrogens with zero attached hydrogens (tertiary/aromatic N) is 3. The monoisotopic (exact) mass is 617 g/mol. The normalized spacial score (nSPS) is 14.9. The van der Waals surface area contributed by atoms with Crippen LogP contribution in [0.5, 0.6) is 5.75 Å². The molecule has 0 spiro atoms. The van der Waals surface area contributed by atoms with Crippen molar-refractivity contribution in [3.05, 3.63) is 155 Å². The van der Waals surface area contributed by atoms with Crippen molar-refractivity contribution in [2.75, 3.05) is 4.90 Å². The van der Waals surface area contributed by atoms with E-state index in [1.54, 1.807) is 30.3 Å². The fraction of sp³-hybridized carbons (Fsp3) is 0.0857. The third-order valence-electron chi connectivity index (χ3n) is 6.95. The van der Waals surface area contributed by atoms with E-state index in [1.807, 2.05) is 91.0 Å². The van der Waals surface area contributed by atoms with E-state index in [-0.39, 0.29) is 5.57 Å². The van der Waals surface area contributed by atoms with Crippen LogP contribution < -0.4 is 9.64 Å². The highest BCUT2D eigenvalue weighted by Crippen LogP contribution is 2.43. The zero-order chi connectivity index (χ0) is 30.3. The number of hydrogen-bond donors (Lipinski definition) is 1. The summed E-state index contributed by atoms with van der Waals surface area (Å²) in [6.07, 6.45) is 3.04. The van der Waals surface area contributed by atoms with Gasteiger partial charge in [0, 0.05) is 5.75 Å². The first-order valence-corrected chi connectivity index (χ1v) is 15.7. The largest absolute Gasteiger partial charge is 0.503 e. The van der Waals surface area contributed by atoms with Crippen molar-refractivity contribution < 1.29 is 19.4 Å². The van der Waals surface area contributed by atoms with Gasteiger partial charge in [-0.1, -0.05) is 132 Å². The van der Waals surface area contributed by atoms with Crippen LogP contribution in [0.3, 0.4) is 0 Å². The maximum Gasteiger partial charge on any atom is 0.296 e. The van der Waals surface area contributed by atoms with Crippen molar-refractivity contribution in [1.82, 2.24) is 10.2 Å². The Kier molecular flexibility index (Phi) is 8.95. The highest BCUT2D eigenvalue weighted by atomic mass is 32.2. The smallest absolute Gasteiger partial charge is 0.296 e. The number of ketones is 1. The molecule has 1 N–H and O–H groups in total. The fourth-order valence-electron chi connectivity index (χ4n) is 4.76. The number of benzene rings is 4. The summed E-state index contributed by atoms with van der Waals surface area (Å²) in [7, 11) is 0. The van der Waals surface area contributed by atoms with Crippen molar-refractivity contribution in [2.24, 2.45) is 0 Å². The highest BCUT2D eigenvalue weighted by molar-refractivity contribution is 8.00. The van der Waals surface area contributed by atoms with Crippen LogP contribution in [0.25, 0.3) is 6.08 Å². The molecule has 0 radical (unpaired) electrons. The van der Waals surface area contributed by atoms with Crippen molar-refractivity contribution in [3.63, 3.8) is 0 Å². The van der Waals surface area contributed by atoms with Gasteiger partial charge in [0.1, 0.15) is 12.4 Å². The van der Waals surface area contributed by atoms with Gasteiger partial charge < -0.3 is 9.84 Å². The number of hydrogen-bond acceptors (Lipinski definition) is 8. The molecule has 0 fully saturated rings. The van der Waals surface area contributed by atoms with E-state index in [0.29, 0.717) is 33.1 Å². The van der Waals surface area contributed by atoms with E-state index in [0.717, 1.165) is 16.7 Å². The first-order valence-electron chi connectivity index (χ1n) is 13.9. The molecule has 7 nitrogen and oxygen atoms in total. The molecule has 1 aromatic heterocycles. The predicted octanol–water partition coefficient (Wildman–Crippen LogP) is 7.59. The molecule has 218 valence electrons. The second kappa shape index (κ2) is 13.5. The maximum absolute atomic E-state index is 13.6. The van der Waals surface area contributed by atoms with Crippen molar-refractivity contribution in [2.45, 2.75) is 22.7 Å². The Morgan fingerprint density at radius 3 is 2.18 bits per heavy atom. The van der Waals surface area contributed by atoms with Gasteiger partial charge in [-0.3, -0.25) is 14.5 Å². The van der Waals surface area contributed by atoms with Crippen LogP contribution in [0.4, 0.5) is 5.13 Å². The molecule has 1 unspecified atom stereocenters. The van der Waals surface area contributed by atoms with E-state index in [2.05, 4.69) is 10.2 Å². The predicted molar refractivity (Wildman–Crippen MR) is 173 cm³/mol. The Morgan fingerprint density at radius 2 is 1.50 bits per heavy atom. The number of amides is 1. The third kappa shape index (κ3) is 6.64. The molecular formula is C35H27N3O4S2. The molecule has 1 aliphatic heterocycles. The second-order valence-corrected chi connectivity index (χ2v) is 12.1. The Morgan fingerprint density at radius 1 is 0.864 bits per heavy atom. The lowest BCUT2D eigenvalue weighted by Gasteiger charge is -2.24. The van der Waals surface area contributed by atoms with Gasteiger partial charge in [0.2, 0.25) is 5.13 Å². The summed E-state index contributed by atoms with van der Waals surface area (Å²) in [5.74, 6) is -0.453. The van der Waals surface area contributed by atoms with Crippen LogP contribution >= 0.6 is 23.1 Å². The molecule has 1 aliphatic rings. The van der Waals surface area contributed by atoms with Gasteiger partial charge >= 0.3 is 0 Å². The number of anilines is 1. The fourth-order valence-corrected chi connectivity index (χ4v) is 6.58. The minimum absolute atomic E-state index is 0.0196. The molecule has 5 aromatic rings. The quantitative estimate of drug-likeness (QED) is 0.0927. The molecule has 1 amide bonds. The zero-order valence-corrected chi connectivity index (χ0v) is 25.1. The lowest BCUT2D eigenvalue weighted by Crippen LogP contribution is -2.30. The molecule has 9 heteroatoms. The summed E-state index contributed by atoms with van der Waals surface area (Å²) in [5.41, 5.74) is 3.60. The third-order valence-corrected chi connectivity index (χ3v) is 9.08. The summed E-state index contributed by atoms with van der Waals surface area (Å²) in [6, 6.07) is 35.4. The molecular weight excluding hydrogens is 591 g/mol. The summed E-state index contributed by atoms with van der Waals surface area (Å²) in [5, 5.41) is 20.0. The first kappa shape index (κ1) is 29.1. The summed E-state index contributed by atoms with van der Waals surface area (Å²) >= 11 is 2.75. The first-order chi connectivity index (χ1) is 21.6. The van der Waals surface area contributed by atoms with E-state index in [9.17, 15) is 14.7 Å². The van der Waals surface area contributed by atoms with E-state index in [4.69, 9.17) is 4.74 Å². The number of aliphatic hydroxyl groups is 1. The molecule has 0 saturated heterocycles. The molecule has 44 heavy (non-hydrogen) atoms. The average molecular weight is 618 g/mol. The summed E-state index contributed by atoms with van der Waals surface area (Å²) in [4.78, 5) is 28.5. The van der Waals surface area contributed by atoms with Gasteiger partial charge in [0.15, 0.2) is 15.9 Å². The lowest BCUT2D eigenvalue weighted by atomic mass is 9.95. The number of thioether (sulfide) groups is 1. The zero-order valence-electron chi connectivity index (χ0n) is 23.4. The molecule has 0 bridgehead atoms. The molecule has 6 rings (SSSR count). The van der Waals surface area contributed by atoms with Gasteiger partial charge in [0.25, 0.3) is 5.91 Å². The van der Waals surface area contributed by atoms with Crippen LogP contribution in [0.2, 0.25) is 0 Å². The summed E-state index contributed by atoms with van der Waals surface area (Å²) < 4.78 is 6.62. The number of rotatable bonds is 11. The van der Waals surface area contributed by atoms with Crippen molar-refractivity contribution in [1.29, 1.82) is 0 Å². The number of aromatic nitrogens is 2. The minimum Gasteiger partial charge on any atom is -0.503 e. The molecule has 0 aliphatic carbocycles. The number of ether oxygens (including phenoxy) is 1. The van der Waals surface area contributed by atoms with Crippen LogP contribution in [-0.4, -0.2) is 27.0 Å². The van der Waals surface area contributed by atoms with Gasteiger partial charge in [-0.25, -0.2) is 0 Å². The highest BCUT2D eigenvalue weighted by Gasteiger charge is 2.45.